The lowest BCUT2D eigenvalue weighted by molar-refractivity contribution is -0.297. The molecular weight excluding hydrogens is 212 g/mol. The van der Waals surface area contributed by atoms with Crippen molar-refractivity contribution in [1.29, 1.82) is 0 Å². The van der Waals surface area contributed by atoms with E-state index in [1.807, 2.05) is 0 Å². The number of methoxy groups -OCH3 is 2. The van der Waals surface area contributed by atoms with Crippen LogP contribution in [0.15, 0.2) is 6.08 Å². The zero-order chi connectivity index (χ0) is 12.1. The Hall–Kier alpha value is -2.11. The molecule has 86 valence electrons. The Morgan fingerprint density at radius 3 is 2.50 bits per heavy atom. The predicted octanol–water partition coefficient (Wildman–Crippen LogP) is -0.435. The summed E-state index contributed by atoms with van der Waals surface area (Å²) in [7, 11) is 2.86. The second-order valence-corrected chi connectivity index (χ2v) is 2.87. The smallest absolute Gasteiger partial charge is 0.319 e. The number of aromatic nitrogens is 2. The molecule has 16 heavy (non-hydrogen) atoms. The van der Waals surface area contributed by atoms with Gasteiger partial charge in [-0.3, -0.25) is 0 Å². The molecular formula is C10H11N2O4-. The first kappa shape index (κ1) is 12.0. The van der Waals surface area contributed by atoms with E-state index >= 15 is 0 Å². The van der Waals surface area contributed by atoms with Crippen LogP contribution in [0.1, 0.15) is 11.3 Å². The molecule has 6 heteroatoms. The molecule has 0 aliphatic rings. The zero-order valence-corrected chi connectivity index (χ0v) is 9.18. The van der Waals surface area contributed by atoms with Gasteiger partial charge in [0.1, 0.15) is 0 Å². The number of nitrogens with zero attached hydrogens (tertiary/aromatic N) is 2. The van der Waals surface area contributed by atoms with E-state index in [4.69, 9.17) is 9.47 Å². The van der Waals surface area contributed by atoms with Gasteiger partial charge in [0.2, 0.25) is 5.88 Å². The van der Waals surface area contributed by atoms with Crippen LogP contribution in [0.5, 0.6) is 11.9 Å². The lowest BCUT2D eigenvalue weighted by Gasteiger charge is -2.08. The SMILES string of the molecule is COc1nc(C)c(C=CC(=O)[O-])c(OC)n1. The Morgan fingerprint density at radius 2 is 2.00 bits per heavy atom. The summed E-state index contributed by atoms with van der Waals surface area (Å²) in [4.78, 5) is 18.2. The molecule has 6 nitrogen and oxygen atoms in total. The summed E-state index contributed by atoms with van der Waals surface area (Å²) in [5.41, 5.74) is 1.04. The highest BCUT2D eigenvalue weighted by molar-refractivity contribution is 5.84. The molecule has 0 saturated heterocycles. The summed E-state index contributed by atoms with van der Waals surface area (Å²) >= 11 is 0. The highest BCUT2D eigenvalue weighted by atomic mass is 16.5. The van der Waals surface area contributed by atoms with Crippen molar-refractivity contribution in [2.24, 2.45) is 0 Å². The van der Waals surface area contributed by atoms with Gasteiger partial charge in [-0.2, -0.15) is 9.97 Å². The summed E-state index contributed by atoms with van der Waals surface area (Å²) in [6.45, 7) is 1.70. The maximum atomic E-state index is 10.3. The molecule has 1 heterocycles. The van der Waals surface area contributed by atoms with Gasteiger partial charge in [-0.05, 0) is 19.1 Å². The predicted molar refractivity (Wildman–Crippen MR) is 53.9 cm³/mol. The van der Waals surface area contributed by atoms with E-state index in [2.05, 4.69) is 9.97 Å². The lowest BCUT2D eigenvalue weighted by atomic mass is 10.2. The first-order chi connectivity index (χ1) is 7.58. The Morgan fingerprint density at radius 1 is 1.31 bits per heavy atom. The third-order valence-corrected chi connectivity index (χ3v) is 1.84. The highest BCUT2D eigenvalue weighted by Gasteiger charge is 2.09. The average molecular weight is 223 g/mol. The van der Waals surface area contributed by atoms with Crippen LogP contribution >= 0.6 is 0 Å². The molecule has 0 N–H and O–H groups in total. The second-order valence-electron chi connectivity index (χ2n) is 2.87. The number of aryl methyl sites for hydroxylation is 1. The minimum absolute atomic E-state index is 0.167. The zero-order valence-electron chi connectivity index (χ0n) is 9.18. The molecule has 0 saturated carbocycles. The van der Waals surface area contributed by atoms with Gasteiger partial charge in [-0.25, -0.2) is 0 Å². The summed E-state index contributed by atoms with van der Waals surface area (Å²) in [6.07, 6.45) is 2.21. The molecule has 0 amide bonds. The average Bonchev–Trinajstić information content (AvgIpc) is 2.26. The van der Waals surface area contributed by atoms with E-state index in [0.717, 1.165) is 6.08 Å². The molecule has 1 aromatic heterocycles. The monoisotopic (exact) mass is 223 g/mol. The van der Waals surface area contributed by atoms with E-state index in [0.29, 0.717) is 11.3 Å². The number of ether oxygens (including phenoxy) is 2. The molecule has 1 rings (SSSR count). The van der Waals surface area contributed by atoms with Crippen LogP contribution in [0, 0.1) is 6.92 Å². The third kappa shape index (κ3) is 2.69. The second kappa shape index (κ2) is 5.11. The Labute approximate surface area is 92.6 Å². The number of carbonyl (C=O) groups is 1. The largest absolute Gasteiger partial charge is 0.545 e. The molecule has 0 unspecified atom stereocenters. The van der Waals surface area contributed by atoms with Gasteiger partial charge in [0, 0.05) is 0 Å². The molecule has 0 aliphatic carbocycles. The van der Waals surface area contributed by atoms with Gasteiger partial charge in [-0.1, -0.05) is 0 Å². The van der Waals surface area contributed by atoms with Crippen LogP contribution in [0.25, 0.3) is 6.08 Å². The van der Waals surface area contributed by atoms with Crippen LogP contribution in [-0.2, 0) is 4.79 Å². The van der Waals surface area contributed by atoms with Crippen molar-refractivity contribution in [3.8, 4) is 11.9 Å². The minimum atomic E-state index is -1.29. The van der Waals surface area contributed by atoms with E-state index in [1.54, 1.807) is 6.92 Å². The maximum absolute atomic E-state index is 10.3. The van der Waals surface area contributed by atoms with Gasteiger partial charge < -0.3 is 19.4 Å². The number of carbonyl (C=O) groups excluding carboxylic acids is 1. The normalized spacial score (nSPS) is 10.4. The molecule has 0 spiro atoms. The van der Waals surface area contributed by atoms with Gasteiger partial charge in [0.15, 0.2) is 0 Å². The van der Waals surface area contributed by atoms with E-state index in [-0.39, 0.29) is 11.9 Å². The van der Waals surface area contributed by atoms with Crippen LogP contribution in [0.4, 0.5) is 0 Å². The van der Waals surface area contributed by atoms with Gasteiger partial charge in [-0.15, -0.1) is 0 Å². The molecule has 0 bridgehead atoms. The van der Waals surface area contributed by atoms with Crippen molar-refractivity contribution in [3.05, 3.63) is 17.3 Å². The topological polar surface area (TPSA) is 84.4 Å². The minimum Gasteiger partial charge on any atom is -0.545 e. The van der Waals surface area contributed by atoms with Crippen molar-refractivity contribution >= 4 is 12.0 Å². The van der Waals surface area contributed by atoms with Crippen molar-refractivity contribution in [2.75, 3.05) is 14.2 Å². The Balaban J connectivity index is 3.21. The number of carboxylic acid groups (broad SMARTS) is 1. The highest BCUT2D eigenvalue weighted by Crippen LogP contribution is 2.22. The van der Waals surface area contributed by atoms with E-state index < -0.39 is 5.97 Å². The van der Waals surface area contributed by atoms with E-state index in [1.165, 1.54) is 20.3 Å². The van der Waals surface area contributed by atoms with Crippen LogP contribution < -0.4 is 14.6 Å². The Bertz CT molecular complexity index is 429. The summed E-state index contributed by atoms with van der Waals surface area (Å²) in [5, 5.41) is 10.3. The molecule has 1 aromatic rings. The maximum Gasteiger partial charge on any atom is 0.319 e. The summed E-state index contributed by atoms with van der Waals surface area (Å²) in [6, 6.07) is 0.167. The van der Waals surface area contributed by atoms with Crippen LogP contribution in [-0.4, -0.2) is 30.2 Å². The molecule has 0 radical (unpaired) electrons. The molecule has 0 aromatic carbocycles. The third-order valence-electron chi connectivity index (χ3n) is 1.84. The quantitative estimate of drug-likeness (QED) is 0.644. The number of hydrogen-bond donors (Lipinski definition) is 0. The van der Waals surface area contributed by atoms with Crippen molar-refractivity contribution < 1.29 is 19.4 Å². The fourth-order valence-electron chi connectivity index (χ4n) is 1.12. The number of aliphatic carboxylic acids is 1. The lowest BCUT2D eigenvalue weighted by Crippen LogP contribution is -2.18. The van der Waals surface area contributed by atoms with Gasteiger partial charge in [0.05, 0.1) is 31.4 Å². The number of carboxylic acids is 1. The van der Waals surface area contributed by atoms with Gasteiger partial charge >= 0.3 is 6.01 Å². The first-order valence-corrected chi connectivity index (χ1v) is 4.44. The van der Waals surface area contributed by atoms with E-state index in [9.17, 15) is 9.90 Å². The van der Waals surface area contributed by atoms with Crippen molar-refractivity contribution in [2.45, 2.75) is 6.92 Å². The first-order valence-electron chi connectivity index (χ1n) is 4.44. The molecule has 0 atom stereocenters. The van der Waals surface area contributed by atoms with Crippen molar-refractivity contribution in [3.63, 3.8) is 0 Å². The van der Waals surface area contributed by atoms with Crippen LogP contribution in [0.3, 0.4) is 0 Å². The fourth-order valence-corrected chi connectivity index (χ4v) is 1.12. The standard InChI is InChI=1S/C10H12N2O4/c1-6-7(4-5-8(13)14)9(15-2)12-10(11-6)16-3/h4-5H,1-3H3,(H,13,14)/p-1. The van der Waals surface area contributed by atoms with Gasteiger partial charge in [0.25, 0.3) is 0 Å². The molecule has 0 aliphatic heterocycles. The Kier molecular flexibility index (Phi) is 3.82. The summed E-state index contributed by atoms with van der Waals surface area (Å²) < 4.78 is 9.87. The number of rotatable bonds is 4. The summed E-state index contributed by atoms with van der Waals surface area (Å²) in [5.74, 6) is -1.04. The fraction of sp³-hybridized carbons (Fsp3) is 0.300. The van der Waals surface area contributed by atoms with Crippen LogP contribution in [0.2, 0.25) is 0 Å². The molecule has 0 fully saturated rings. The van der Waals surface area contributed by atoms with Crippen molar-refractivity contribution in [1.82, 2.24) is 9.97 Å². The number of hydrogen-bond acceptors (Lipinski definition) is 6.